The summed E-state index contributed by atoms with van der Waals surface area (Å²) in [5.74, 6) is 3.36. The summed E-state index contributed by atoms with van der Waals surface area (Å²) in [5, 5.41) is -0.156. The summed E-state index contributed by atoms with van der Waals surface area (Å²) in [5.41, 5.74) is 7.83. The number of hydrogen-bond acceptors (Lipinski definition) is 6. The van der Waals surface area contributed by atoms with Gasteiger partial charge < -0.3 is 5.73 Å². The molecule has 0 spiro atoms. The van der Waals surface area contributed by atoms with Gasteiger partial charge in [-0.15, -0.1) is 0 Å². The van der Waals surface area contributed by atoms with E-state index in [9.17, 15) is 8.60 Å². The predicted octanol–water partition coefficient (Wildman–Crippen LogP) is 3.58. The highest BCUT2D eigenvalue weighted by Gasteiger charge is 2.61. The van der Waals surface area contributed by atoms with Gasteiger partial charge in [0.1, 0.15) is 40.5 Å². The highest BCUT2D eigenvalue weighted by atomic mass is 35.5. The van der Waals surface area contributed by atoms with Gasteiger partial charge in [-0.25, -0.2) is 18.7 Å². The van der Waals surface area contributed by atoms with Crippen molar-refractivity contribution in [3.8, 4) is 0 Å². The van der Waals surface area contributed by atoms with E-state index < -0.39 is 37.5 Å². The van der Waals surface area contributed by atoms with Crippen LogP contribution in [0.1, 0.15) is 36.6 Å². The topological polar surface area (TPSA) is 94.1 Å². The summed E-state index contributed by atoms with van der Waals surface area (Å²) in [6, 6.07) is 6.40. The molecule has 0 aliphatic carbocycles. The molecule has 10 heteroatoms. The highest BCUT2D eigenvalue weighted by Crippen LogP contribution is 2.52. The van der Waals surface area contributed by atoms with Gasteiger partial charge in [-0.2, -0.15) is 0 Å². The average Bonchev–Trinajstić information content (AvgIpc) is 2.98. The molecular formula is C23H22ClF2N5OS. The lowest BCUT2D eigenvalue weighted by Crippen LogP contribution is -2.58. The maximum atomic E-state index is 15.2. The fraction of sp³-hybridized carbons (Fsp3) is 0.348. The van der Waals surface area contributed by atoms with Crippen LogP contribution in [0, 0.1) is 5.82 Å². The van der Waals surface area contributed by atoms with E-state index in [1.807, 2.05) is 0 Å². The molecule has 6 nitrogen and oxygen atoms in total. The molecule has 2 aromatic heterocycles. The molecule has 4 atom stereocenters. The van der Waals surface area contributed by atoms with Crippen LogP contribution in [0.25, 0.3) is 11.0 Å². The normalized spacial score (nSPS) is 31.0. The Morgan fingerprint density at radius 3 is 2.85 bits per heavy atom. The standard InChI is InChI=1S/C23H22ClF2N5OS/c1-22(19-5-6-23(11-25,21(27)31-22)33(19,2)32)15-7-13(3-4-16(15)26)8-17-20-18(30-12-29-17)9-14(24)10-28-20/h3-4,7,9-10,12,19H,2,5-6,8,11H2,1H3,(H2,27,31)/t19?,22-,23+,33?/m1/s1. The lowest BCUT2D eigenvalue weighted by Gasteiger charge is -2.42. The van der Waals surface area contributed by atoms with Crippen LogP contribution in [0.4, 0.5) is 8.78 Å². The van der Waals surface area contributed by atoms with Gasteiger partial charge in [0.05, 0.1) is 21.5 Å². The van der Waals surface area contributed by atoms with Crippen LogP contribution in [-0.2, 0) is 21.5 Å². The third kappa shape index (κ3) is 3.09. The van der Waals surface area contributed by atoms with Gasteiger partial charge in [-0.1, -0.05) is 23.7 Å². The number of aromatic nitrogens is 3. The number of fused-ring (bicyclic) bond motifs is 3. The van der Waals surface area contributed by atoms with E-state index in [2.05, 4.69) is 25.8 Å². The number of benzene rings is 1. The number of hydrogen-bond donors (Lipinski definition) is 1. The molecule has 2 N–H and O–H groups in total. The van der Waals surface area contributed by atoms with E-state index in [4.69, 9.17) is 17.3 Å². The van der Waals surface area contributed by atoms with Crippen LogP contribution in [0.15, 0.2) is 41.8 Å². The fourth-order valence-electron chi connectivity index (χ4n) is 5.21. The lowest BCUT2D eigenvalue weighted by molar-refractivity contribution is 0.431. The van der Waals surface area contributed by atoms with Crippen molar-refractivity contribution >= 4 is 43.9 Å². The van der Waals surface area contributed by atoms with E-state index in [1.165, 1.54) is 18.6 Å². The number of nitrogens with two attached hydrogens (primary N) is 1. The highest BCUT2D eigenvalue weighted by molar-refractivity contribution is 8.03. The van der Waals surface area contributed by atoms with E-state index in [0.29, 0.717) is 34.6 Å². The van der Waals surface area contributed by atoms with Gasteiger partial charge >= 0.3 is 0 Å². The van der Waals surface area contributed by atoms with Crippen molar-refractivity contribution in [2.24, 2.45) is 10.7 Å². The quantitative estimate of drug-likeness (QED) is 0.565. The summed E-state index contributed by atoms with van der Waals surface area (Å²) in [7, 11) is -3.01. The second-order valence-corrected chi connectivity index (χ2v) is 12.1. The van der Waals surface area contributed by atoms with Gasteiger partial charge in [0.2, 0.25) is 0 Å². The minimum atomic E-state index is -3.01. The summed E-state index contributed by atoms with van der Waals surface area (Å²) in [4.78, 5) is 17.5. The van der Waals surface area contributed by atoms with E-state index in [-0.39, 0.29) is 17.8 Å². The first-order valence-corrected chi connectivity index (χ1v) is 12.6. The molecule has 2 aliphatic rings. The first kappa shape index (κ1) is 22.2. The fourth-order valence-corrected chi connectivity index (χ4v) is 8.37. The van der Waals surface area contributed by atoms with Crippen LogP contribution in [0.3, 0.4) is 0 Å². The molecule has 4 heterocycles. The summed E-state index contributed by atoms with van der Waals surface area (Å²) in [6.45, 7) is 0.812. The second-order valence-electron chi connectivity index (χ2n) is 8.86. The molecule has 5 rings (SSSR count). The minimum absolute atomic E-state index is 0.0473. The zero-order valence-electron chi connectivity index (χ0n) is 17.9. The van der Waals surface area contributed by atoms with Crippen molar-refractivity contribution in [1.29, 1.82) is 0 Å². The van der Waals surface area contributed by atoms with Crippen molar-refractivity contribution in [3.05, 3.63) is 64.5 Å². The number of rotatable bonds is 4. The van der Waals surface area contributed by atoms with Crippen LogP contribution < -0.4 is 5.73 Å². The Balaban J connectivity index is 1.61. The number of halogens is 3. The van der Waals surface area contributed by atoms with Crippen LogP contribution >= 0.6 is 11.6 Å². The van der Waals surface area contributed by atoms with E-state index >= 15 is 4.39 Å². The summed E-state index contributed by atoms with van der Waals surface area (Å²) in [6.07, 6.45) is 3.99. The molecule has 0 saturated carbocycles. The zero-order chi connectivity index (χ0) is 23.6. The molecule has 1 aromatic carbocycles. The van der Waals surface area contributed by atoms with E-state index in [1.54, 1.807) is 25.1 Å². The Bertz CT molecular complexity index is 1430. The molecule has 2 aliphatic heterocycles. The number of amidine groups is 1. The van der Waals surface area contributed by atoms with Crippen molar-refractivity contribution in [2.45, 2.75) is 41.7 Å². The van der Waals surface area contributed by atoms with Gasteiger partial charge in [-0.3, -0.25) is 14.2 Å². The molecule has 172 valence electrons. The molecule has 2 bridgehead atoms. The summed E-state index contributed by atoms with van der Waals surface area (Å²) < 4.78 is 41.5. The Kier molecular flexibility index (Phi) is 4.99. The van der Waals surface area contributed by atoms with Crippen LogP contribution in [0.2, 0.25) is 5.02 Å². The molecule has 0 radical (unpaired) electrons. The maximum absolute atomic E-state index is 15.2. The van der Waals surface area contributed by atoms with Crippen LogP contribution in [0.5, 0.6) is 0 Å². The van der Waals surface area contributed by atoms with Crippen molar-refractivity contribution in [1.82, 2.24) is 15.0 Å². The molecule has 0 amide bonds. The molecule has 2 unspecified atom stereocenters. The Labute approximate surface area is 195 Å². The minimum Gasteiger partial charge on any atom is -0.386 e. The number of nitrogens with zero attached hydrogens (tertiary/aromatic N) is 4. The third-order valence-electron chi connectivity index (χ3n) is 7.06. The van der Waals surface area contributed by atoms with Crippen LogP contribution in [-0.4, -0.2) is 47.5 Å². The predicted molar refractivity (Wildman–Crippen MR) is 128 cm³/mol. The first-order valence-electron chi connectivity index (χ1n) is 10.4. The lowest BCUT2D eigenvalue weighted by atomic mass is 9.85. The van der Waals surface area contributed by atoms with Crippen molar-refractivity contribution in [3.63, 3.8) is 0 Å². The molecule has 1 saturated heterocycles. The van der Waals surface area contributed by atoms with Gasteiger partial charge in [0.25, 0.3) is 0 Å². The Morgan fingerprint density at radius 1 is 1.30 bits per heavy atom. The molecule has 3 aromatic rings. The largest absolute Gasteiger partial charge is 0.386 e. The molecule has 1 fully saturated rings. The average molecular weight is 490 g/mol. The zero-order valence-corrected chi connectivity index (χ0v) is 19.5. The molecule has 33 heavy (non-hydrogen) atoms. The van der Waals surface area contributed by atoms with Crippen molar-refractivity contribution in [2.75, 3.05) is 6.67 Å². The first-order chi connectivity index (χ1) is 15.6. The monoisotopic (exact) mass is 489 g/mol. The van der Waals surface area contributed by atoms with Gasteiger partial charge in [-0.05, 0) is 52.9 Å². The molecular weight excluding hydrogens is 468 g/mol. The maximum Gasteiger partial charge on any atom is 0.128 e. The van der Waals surface area contributed by atoms with Gasteiger partial charge in [0.15, 0.2) is 0 Å². The smallest absolute Gasteiger partial charge is 0.128 e. The third-order valence-corrected chi connectivity index (χ3v) is 10.7. The second kappa shape index (κ2) is 7.43. The number of pyridine rings is 1. The Morgan fingerprint density at radius 2 is 2.09 bits per heavy atom. The van der Waals surface area contributed by atoms with E-state index in [0.717, 1.165) is 5.56 Å². The Hall–Kier alpha value is -2.65. The summed E-state index contributed by atoms with van der Waals surface area (Å²) >= 11 is 6.02. The van der Waals surface area contributed by atoms with Gasteiger partial charge in [0, 0.05) is 18.2 Å². The SMILES string of the molecule is C=S1(=O)C2CC[C@]1(CF)C(N)=N[C@]2(C)c1cc(Cc2ncnc3cc(Cl)cnc23)ccc1F. The number of alkyl halides is 1. The number of aliphatic imine (C=N–C) groups is 1. The van der Waals surface area contributed by atoms with Crippen molar-refractivity contribution < 1.29 is 13.0 Å².